The van der Waals surface area contributed by atoms with Gasteiger partial charge in [-0.1, -0.05) is 23.2 Å². The van der Waals surface area contributed by atoms with E-state index in [0.717, 1.165) is 0 Å². The van der Waals surface area contributed by atoms with Crippen molar-refractivity contribution in [3.8, 4) is 0 Å². The third-order valence-corrected chi connectivity index (χ3v) is 5.49. The molecule has 0 radical (unpaired) electrons. The molecule has 0 saturated heterocycles. The van der Waals surface area contributed by atoms with E-state index < -0.39 is 9.84 Å². The van der Waals surface area contributed by atoms with Gasteiger partial charge in [-0.05, 0) is 25.1 Å². The first-order chi connectivity index (χ1) is 9.22. The maximum absolute atomic E-state index is 12.5. The first-order valence-corrected chi connectivity index (χ1v) is 8.09. The molecule has 1 aromatic carbocycles. The van der Waals surface area contributed by atoms with Crippen LogP contribution in [0, 0.1) is 6.92 Å². The van der Waals surface area contributed by atoms with Crippen molar-refractivity contribution in [2.75, 3.05) is 5.73 Å². The standard InChI is InChI=1S/C12H13Cl2N3O2S/c1-7-9(12(14)17(2)16-7)6-20(18,19)11-5-8(15)3-4-10(11)13/h3-5H,6,15H2,1-2H3. The minimum absolute atomic E-state index is 0.00140. The molecule has 20 heavy (non-hydrogen) atoms. The highest BCUT2D eigenvalue weighted by Crippen LogP contribution is 2.29. The zero-order chi connectivity index (χ0) is 15.1. The SMILES string of the molecule is Cc1nn(C)c(Cl)c1CS(=O)(=O)c1cc(N)ccc1Cl. The molecule has 108 valence electrons. The van der Waals surface area contributed by atoms with Gasteiger partial charge in [0.05, 0.1) is 21.4 Å². The van der Waals surface area contributed by atoms with Gasteiger partial charge in [0.2, 0.25) is 0 Å². The van der Waals surface area contributed by atoms with E-state index in [0.29, 0.717) is 22.1 Å². The Morgan fingerprint density at radius 1 is 1.35 bits per heavy atom. The number of benzene rings is 1. The number of hydrogen-bond acceptors (Lipinski definition) is 4. The van der Waals surface area contributed by atoms with Crippen molar-refractivity contribution in [1.82, 2.24) is 9.78 Å². The third kappa shape index (κ3) is 2.77. The van der Waals surface area contributed by atoms with E-state index >= 15 is 0 Å². The normalized spacial score (nSPS) is 11.8. The van der Waals surface area contributed by atoms with Gasteiger partial charge in [0, 0.05) is 18.3 Å². The van der Waals surface area contributed by atoms with Crippen molar-refractivity contribution < 1.29 is 8.42 Å². The Bertz CT molecular complexity index is 769. The number of nitrogen functional groups attached to an aromatic ring is 1. The van der Waals surface area contributed by atoms with Crippen LogP contribution in [0.1, 0.15) is 11.3 Å². The Morgan fingerprint density at radius 3 is 2.55 bits per heavy atom. The van der Waals surface area contributed by atoms with Crippen LogP contribution >= 0.6 is 23.2 Å². The molecular formula is C12H13Cl2N3O2S. The fourth-order valence-corrected chi connectivity index (χ4v) is 4.22. The van der Waals surface area contributed by atoms with Crippen molar-refractivity contribution >= 4 is 38.7 Å². The molecule has 0 aliphatic carbocycles. The number of anilines is 1. The second-order valence-corrected chi connectivity index (χ2v) is 7.15. The second-order valence-electron chi connectivity index (χ2n) is 4.43. The molecule has 1 aromatic heterocycles. The van der Waals surface area contributed by atoms with E-state index in [4.69, 9.17) is 28.9 Å². The van der Waals surface area contributed by atoms with Crippen LogP contribution in [0.3, 0.4) is 0 Å². The number of hydrogen-bond donors (Lipinski definition) is 1. The largest absolute Gasteiger partial charge is 0.399 e. The first-order valence-electron chi connectivity index (χ1n) is 5.68. The van der Waals surface area contributed by atoms with Crippen LogP contribution in [-0.2, 0) is 22.6 Å². The molecule has 2 aromatic rings. The fraction of sp³-hybridized carbons (Fsp3) is 0.250. The Labute approximate surface area is 127 Å². The Balaban J connectivity index is 2.49. The summed E-state index contributed by atoms with van der Waals surface area (Å²) in [5.74, 6) is -0.269. The number of nitrogens with two attached hydrogens (primary N) is 1. The molecular weight excluding hydrogens is 321 g/mol. The van der Waals surface area contributed by atoms with E-state index in [-0.39, 0.29) is 15.7 Å². The topological polar surface area (TPSA) is 78.0 Å². The summed E-state index contributed by atoms with van der Waals surface area (Å²) in [6, 6.07) is 4.35. The summed E-state index contributed by atoms with van der Waals surface area (Å²) in [7, 11) is -2.00. The molecule has 5 nitrogen and oxygen atoms in total. The molecule has 1 heterocycles. The average molecular weight is 334 g/mol. The predicted octanol–water partition coefficient (Wildman–Crippen LogP) is 2.59. The molecule has 0 aliphatic heterocycles. The second kappa shape index (κ2) is 5.27. The summed E-state index contributed by atoms with van der Waals surface area (Å²) < 4.78 is 26.3. The van der Waals surface area contributed by atoms with Crippen molar-refractivity contribution in [1.29, 1.82) is 0 Å². The first kappa shape index (κ1) is 15.2. The highest BCUT2D eigenvalue weighted by atomic mass is 35.5. The summed E-state index contributed by atoms with van der Waals surface area (Å²) in [6.45, 7) is 1.71. The maximum Gasteiger partial charge on any atom is 0.184 e. The van der Waals surface area contributed by atoms with Crippen LogP contribution in [0.4, 0.5) is 5.69 Å². The van der Waals surface area contributed by atoms with E-state index in [1.807, 2.05) is 0 Å². The van der Waals surface area contributed by atoms with Gasteiger partial charge in [-0.2, -0.15) is 5.10 Å². The third-order valence-electron chi connectivity index (χ3n) is 2.89. The van der Waals surface area contributed by atoms with Crippen molar-refractivity contribution in [3.63, 3.8) is 0 Å². The van der Waals surface area contributed by atoms with Gasteiger partial charge in [-0.15, -0.1) is 0 Å². The van der Waals surface area contributed by atoms with Crippen molar-refractivity contribution in [3.05, 3.63) is 39.6 Å². The Morgan fingerprint density at radius 2 is 2.00 bits per heavy atom. The zero-order valence-corrected chi connectivity index (χ0v) is 13.2. The Kier molecular flexibility index (Phi) is 4.00. The van der Waals surface area contributed by atoms with E-state index in [9.17, 15) is 8.42 Å². The molecule has 8 heteroatoms. The molecule has 2 rings (SSSR count). The minimum atomic E-state index is -3.65. The van der Waals surface area contributed by atoms with Crippen LogP contribution in [0.2, 0.25) is 10.2 Å². The summed E-state index contributed by atoms with van der Waals surface area (Å²) in [5, 5.41) is 4.52. The minimum Gasteiger partial charge on any atom is -0.399 e. The van der Waals surface area contributed by atoms with Gasteiger partial charge in [0.15, 0.2) is 9.84 Å². The number of halogens is 2. The lowest BCUT2D eigenvalue weighted by molar-refractivity contribution is 0.595. The number of aromatic nitrogens is 2. The molecule has 0 atom stereocenters. The van der Waals surface area contributed by atoms with E-state index in [1.54, 1.807) is 20.0 Å². The summed E-state index contributed by atoms with van der Waals surface area (Å²) >= 11 is 12.0. The van der Waals surface area contributed by atoms with Crippen LogP contribution in [-0.4, -0.2) is 18.2 Å². The van der Waals surface area contributed by atoms with Gasteiger partial charge in [0.1, 0.15) is 5.15 Å². The molecule has 0 saturated carbocycles. The monoisotopic (exact) mass is 333 g/mol. The summed E-state index contributed by atoms with van der Waals surface area (Å²) in [6.07, 6.45) is 0. The fourth-order valence-electron chi connectivity index (χ4n) is 1.86. The van der Waals surface area contributed by atoms with Gasteiger partial charge < -0.3 is 5.73 Å². The van der Waals surface area contributed by atoms with Gasteiger partial charge in [-0.25, -0.2) is 8.42 Å². The Hall–Kier alpha value is -1.24. The number of sulfone groups is 1. The number of rotatable bonds is 3. The van der Waals surface area contributed by atoms with Gasteiger partial charge >= 0.3 is 0 Å². The van der Waals surface area contributed by atoms with Crippen LogP contribution in [0.25, 0.3) is 0 Å². The highest BCUT2D eigenvalue weighted by Gasteiger charge is 2.23. The zero-order valence-electron chi connectivity index (χ0n) is 10.9. The lowest BCUT2D eigenvalue weighted by Crippen LogP contribution is -2.07. The van der Waals surface area contributed by atoms with E-state index in [1.165, 1.54) is 16.8 Å². The smallest absolute Gasteiger partial charge is 0.184 e. The highest BCUT2D eigenvalue weighted by molar-refractivity contribution is 7.90. The lowest BCUT2D eigenvalue weighted by Gasteiger charge is -2.07. The van der Waals surface area contributed by atoms with Crippen molar-refractivity contribution in [2.45, 2.75) is 17.6 Å². The van der Waals surface area contributed by atoms with Gasteiger partial charge in [0.25, 0.3) is 0 Å². The lowest BCUT2D eigenvalue weighted by atomic mass is 10.3. The molecule has 0 bridgehead atoms. The van der Waals surface area contributed by atoms with Gasteiger partial charge in [-0.3, -0.25) is 4.68 Å². The summed E-state index contributed by atoms with van der Waals surface area (Å²) in [4.78, 5) is -0.00140. The summed E-state index contributed by atoms with van der Waals surface area (Å²) in [5.41, 5.74) is 6.99. The number of nitrogens with zero attached hydrogens (tertiary/aromatic N) is 2. The molecule has 0 spiro atoms. The molecule has 0 unspecified atom stereocenters. The number of aryl methyl sites for hydroxylation is 2. The van der Waals surface area contributed by atoms with Crippen LogP contribution in [0.5, 0.6) is 0 Å². The van der Waals surface area contributed by atoms with E-state index in [2.05, 4.69) is 5.10 Å². The molecule has 0 aliphatic rings. The maximum atomic E-state index is 12.5. The molecule has 0 amide bonds. The quantitative estimate of drug-likeness (QED) is 0.875. The molecule has 2 N–H and O–H groups in total. The van der Waals surface area contributed by atoms with Crippen LogP contribution < -0.4 is 5.73 Å². The van der Waals surface area contributed by atoms with Crippen LogP contribution in [0.15, 0.2) is 23.1 Å². The average Bonchev–Trinajstić information content (AvgIpc) is 2.59. The van der Waals surface area contributed by atoms with Crippen molar-refractivity contribution in [2.24, 2.45) is 7.05 Å². The predicted molar refractivity (Wildman–Crippen MR) is 79.7 cm³/mol. The molecule has 0 fully saturated rings.